The van der Waals surface area contributed by atoms with Crippen molar-refractivity contribution in [1.82, 2.24) is 20.2 Å². The van der Waals surface area contributed by atoms with Crippen molar-refractivity contribution in [2.45, 2.75) is 26.3 Å². The Hall–Kier alpha value is -3.22. The van der Waals surface area contributed by atoms with Crippen LogP contribution in [0.1, 0.15) is 18.3 Å². The van der Waals surface area contributed by atoms with E-state index >= 15 is 0 Å². The summed E-state index contributed by atoms with van der Waals surface area (Å²) in [6.45, 7) is 4.05. The van der Waals surface area contributed by atoms with E-state index in [1.807, 2.05) is 43.3 Å². The van der Waals surface area contributed by atoms with Crippen molar-refractivity contribution in [3.63, 3.8) is 0 Å². The predicted molar refractivity (Wildman–Crippen MR) is 104 cm³/mol. The quantitative estimate of drug-likeness (QED) is 0.688. The fourth-order valence-corrected chi connectivity index (χ4v) is 2.80. The normalized spacial score (nSPS) is 11.7. The number of methoxy groups -OCH3 is 2. The third kappa shape index (κ3) is 4.69. The van der Waals surface area contributed by atoms with E-state index in [0.29, 0.717) is 17.4 Å². The summed E-state index contributed by atoms with van der Waals surface area (Å²) >= 11 is 0. The third-order valence-electron chi connectivity index (χ3n) is 4.08. The number of rotatable bonds is 7. The maximum Gasteiger partial charge on any atom is 0.243 e. The summed E-state index contributed by atoms with van der Waals surface area (Å²) in [7, 11) is 3.23. The predicted octanol–water partition coefficient (Wildman–Crippen LogP) is 3.30. The second-order valence-corrected chi connectivity index (χ2v) is 6.25. The standard InChI is InChI=1S/C20H23N5O2/c1-13-6-5-7-15(22-13)10-14(2)23-20-24-18(12-21-25-20)17-9-8-16(26-3)11-19(17)27-4/h5-9,11-12,14H,10H2,1-4H3,(H,23,24,25)/t14-/m0/s1. The Morgan fingerprint density at radius 2 is 1.93 bits per heavy atom. The molecule has 1 atom stereocenters. The summed E-state index contributed by atoms with van der Waals surface area (Å²) in [6.07, 6.45) is 2.38. The molecule has 2 aromatic heterocycles. The number of pyridine rings is 1. The number of hydrogen-bond acceptors (Lipinski definition) is 7. The molecule has 7 nitrogen and oxygen atoms in total. The maximum absolute atomic E-state index is 5.46. The summed E-state index contributed by atoms with van der Waals surface area (Å²) in [4.78, 5) is 9.11. The van der Waals surface area contributed by atoms with Gasteiger partial charge in [-0.2, -0.15) is 5.10 Å². The Labute approximate surface area is 158 Å². The molecule has 0 amide bonds. The van der Waals surface area contributed by atoms with Crippen molar-refractivity contribution in [3.8, 4) is 22.8 Å². The minimum Gasteiger partial charge on any atom is -0.497 e. The summed E-state index contributed by atoms with van der Waals surface area (Å²) in [6, 6.07) is 11.7. The second kappa shape index (κ2) is 8.44. The van der Waals surface area contributed by atoms with E-state index < -0.39 is 0 Å². The highest BCUT2D eigenvalue weighted by Gasteiger charge is 2.12. The van der Waals surface area contributed by atoms with Gasteiger partial charge in [0.1, 0.15) is 11.5 Å². The third-order valence-corrected chi connectivity index (χ3v) is 4.08. The van der Waals surface area contributed by atoms with Gasteiger partial charge in [-0.25, -0.2) is 4.98 Å². The SMILES string of the molecule is COc1ccc(-c2cnnc(N[C@@H](C)Cc3cccc(C)n3)n2)c(OC)c1. The first-order valence-electron chi connectivity index (χ1n) is 8.70. The van der Waals surface area contributed by atoms with Crippen LogP contribution in [0.15, 0.2) is 42.6 Å². The van der Waals surface area contributed by atoms with Crippen LogP contribution in [0, 0.1) is 6.92 Å². The summed E-state index contributed by atoms with van der Waals surface area (Å²) in [5, 5.41) is 11.5. The zero-order valence-electron chi connectivity index (χ0n) is 15.9. The average Bonchev–Trinajstić information content (AvgIpc) is 2.67. The highest BCUT2D eigenvalue weighted by atomic mass is 16.5. The summed E-state index contributed by atoms with van der Waals surface area (Å²) < 4.78 is 10.7. The van der Waals surface area contributed by atoms with Crippen LogP contribution in [-0.4, -0.2) is 40.4 Å². The van der Waals surface area contributed by atoms with Crippen LogP contribution in [0.4, 0.5) is 5.95 Å². The van der Waals surface area contributed by atoms with Crippen LogP contribution < -0.4 is 14.8 Å². The summed E-state index contributed by atoms with van der Waals surface area (Å²) in [5.41, 5.74) is 3.53. The van der Waals surface area contributed by atoms with Gasteiger partial charge in [0.05, 0.1) is 26.1 Å². The van der Waals surface area contributed by atoms with Gasteiger partial charge in [-0.05, 0) is 38.1 Å². The van der Waals surface area contributed by atoms with Crippen molar-refractivity contribution >= 4 is 5.95 Å². The number of aryl methyl sites for hydroxylation is 1. The van der Waals surface area contributed by atoms with E-state index in [9.17, 15) is 0 Å². The van der Waals surface area contributed by atoms with E-state index in [4.69, 9.17) is 9.47 Å². The molecular weight excluding hydrogens is 342 g/mol. The molecular formula is C20H23N5O2. The highest BCUT2D eigenvalue weighted by molar-refractivity contribution is 5.68. The van der Waals surface area contributed by atoms with E-state index in [1.54, 1.807) is 20.4 Å². The van der Waals surface area contributed by atoms with Crippen LogP contribution >= 0.6 is 0 Å². The molecule has 0 saturated heterocycles. The molecule has 0 spiro atoms. The van der Waals surface area contributed by atoms with Gasteiger partial charge in [0.15, 0.2) is 0 Å². The Kier molecular flexibility index (Phi) is 5.80. The number of ether oxygens (including phenoxy) is 2. The molecule has 3 aromatic rings. The molecule has 3 rings (SSSR count). The van der Waals surface area contributed by atoms with Gasteiger partial charge >= 0.3 is 0 Å². The minimum absolute atomic E-state index is 0.106. The number of aromatic nitrogens is 4. The van der Waals surface area contributed by atoms with E-state index in [-0.39, 0.29) is 6.04 Å². The lowest BCUT2D eigenvalue weighted by Gasteiger charge is -2.14. The average molecular weight is 365 g/mol. The molecule has 27 heavy (non-hydrogen) atoms. The lowest BCUT2D eigenvalue weighted by Crippen LogP contribution is -2.20. The topological polar surface area (TPSA) is 82.1 Å². The molecule has 0 fully saturated rings. The van der Waals surface area contributed by atoms with Crippen molar-refractivity contribution in [3.05, 3.63) is 54.0 Å². The van der Waals surface area contributed by atoms with Crippen LogP contribution in [0.5, 0.6) is 11.5 Å². The highest BCUT2D eigenvalue weighted by Crippen LogP contribution is 2.32. The van der Waals surface area contributed by atoms with E-state index in [1.165, 1.54) is 0 Å². The first-order valence-corrected chi connectivity index (χ1v) is 8.70. The second-order valence-electron chi connectivity index (χ2n) is 6.25. The molecule has 0 aliphatic heterocycles. The molecule has 7 heteroatoms. The summed E-state index contributed by atoms with van der Waals surface area (Å²) in [5.74, 6) is 1.85. The van der Waals surface area contributed by atoms with Crippen LogP contribution in [-0.2, 0) is 6.42 Å². The first-order chi connectivity index (χ1) is 13.1. The first kappa shape index (κ1) is 18.6. The van der Waals surface area contributed by atoms with Crippen LogP contribution in [0.3, 0.4) is 0 Å². The van der Waals surface area contributed by atoms with Crippen molar-refractivity contribution < 1.29 is 9.47 Å². The Bertz CT molecular complexity index is 916. The largest absolute Gasteiger partial charge is 0.497 e. The molecule has 140 valence electrons. The van der Waals surface area contributed by atoms with Crippen LogP contribution in [0.2, 0.25) is 0 Å². The number of nitrogens with one attached hydrogen (secondary N) is 1. The molecule has 0 radical (unpaired) electrons. The van der Waals surface area contributed by atoms with E-state index in [2.05, 4.69) is 32.4 Å². The Morgan fingerprint density at radius 3 is 2.67 bits per heavy atom. The fraction of sp³-hybridized carbons (Fsp3) is 0.300. The van der Waals surface area contributed by atoms with Gasteiger partial charge in [-0.1, -0.05) is 6.07 Å². The minimum atomic E-state index is 0.106. The maximum atomic E-state index is 5.46. The van der Waals surface area contributed by atoms with Gasteiger partial charge in [0, 0.05) is 35.5 Å². The zero-order chi connectivity index (χ0) is 19.2. The number of benzene rings is 1. The van der Waals surface area contributed by atoms with E-state index in [0.717, 1.165) is 29.1 Å². The van der Waals surface area contributed by atoms with Crippen molar-refractivity contribution in [2.75, 3.05) is 19.5 Å². The molecule has 1 aromatic carbocycles. The van der Waals surface area contributed by atoms with Gasteiger partial charge in [0.2, 0.25) is 5.95 Å². The Morgan fingerprint density at radius 1 is 1.07 bits per heavy atom. The molecule has 0 unspecified atom stereocenters. The van der Waals surface area contributed by atoms with Crippen molar-refractivity contribution in [1.29, 1.82) is 0 Å². The number of hydrogen-bond donors (Lipinski definition) is 1. The van der Waals surface area contributed by atoms with Crippen LogP contribution in [0.25, 0.3) is 11.3 Å². The lowest BCUT2D eigenvalue weighted by atomic mass is 10.1. The van der Waals surface area contributed by atoms with Crippen molar-refractivity contribution in [2.24, 2.45) is 0 Å². The van der Waals surface area contributed by atoms with Gasteiger partial charge in [0.25, 0.3) is 0 Å². The van der Waals surface area contributed by atoms with Gasteiger partial charge in [-0.15, -0.1) is 5.10 Å². The Balaban J connectivity index is 1.77. The number of anilines is 1. The number of nitrogens with zero attached hydrogens (tertiary/aromatic N) is 4. The monoisotopic (exact) mass is 365 g/mol. The van der Waals surface area contributed by atoms with Gasteiger partial charge in [-0.3, -0.25) is 4.98 Å². The zero-order valence-corrected chi connectivity index (χ0v) is 15.9. The molecule has 0 aliphatic carbocycles. The fourth-order valence-electron chi connectivity index (χ4n) is 2.80. The molecule has 2 heterocycles. The van der Waals surface area contributed by atoms with Gasteiger partial charge < -0.3 is 14.8 Å². The molecule has 0 aliphatic rings. The lowest BCUT2D eigenvalue weighted by molar-refractivity contribution is 0.395. The smallest absolute Gasteiger partial charge is 0.243 e. The molecule has 0 bridgehead atoms. The molecule has 1 N–H and O–H groups in total. The molecule has 0 saturated carbocycles.